The summed E-state index contributed by atoms with van der Waals surface area (Å²) in [5.74, 6) is 1.09. The van der Waals surface area contributed by atoms with Crippen molar-refractivity contribution >= 4 is 52.0 Å². The number of carbonyl (C=O) groups is 1. The molecule has 0 aromatic heterocycles. The number of aliphatic imine (C=N–C) groups is 2. The van der Waals surface area contributed by atoms with Crippen LogP contribution < -0.4 is 9.47 Å². The third-order valence-corrected chi connectivity index (χ3v) is 9.34. The van der Waals surface area contributed by atoms with Gasteiger partial charge in [0, 0.05) is 22.2 Å². The number of hydrogen-bond donors (Lipinski definition) is 0. The summed E-state index contributed by atoms with van der Waals surface area (Å²) in [4.78, 5) is 21.2. The molecule has 0 amide bonds. The number of rotatable bonds is 5. The summed E-state index contributed by atoms with van der Waals surface area (Å²) in [7, 11) is 1.38. The highest BCUT2D eigenvalue weighted by atomic mass is 35.5. The minimum Gasteiger partial charge on any atom is -0.485 e. The van der Waals surface area contributed by atoms with Crippen LogP contribution in [0.3, 0.4) is 0 Å². The first-order valence-electron chi connectivity index (χ1n) is 16.7. The number of esters is 1. The zero-order chi connectivity index (χ0) is 36.2. The van der Waals surface area contributed by atoms with Crippen LogP contribution in [0.5, 0.6) is 11.5 Å². The Morgan fingerprint density at radius 3 is 1.54 bits per heavy atom. The van der Waals surface area contributed by atoms with Gasteiger partial charge in [-0.05, 0) is 89.2 Å². The number of benzene rings is 6. The molecule has 0 fully saturated rings. The summed E-state index contributed by atoms with van der Waals surface area (Å²) in [6.07, 6.45) is 0. The van der Waals surface area contributed by atoms with Crippen molar-refractivity contribution in [1.29, 1.82) is 0 Å². The fourth-order valence-corrected chi connectivity index (χ4v) is 6.28. The van der Waals surface area contributed by atoms with Crippen molar-refractivity contribution in [2.45, 2.75) is 13.8 Å². The van der Waals surface area contributed by atoms with Gasteiger partial charge in [-0.2, -0.15) is 0 Å². The van der Waals surface area contributed by atoms with Crippen molar-refractivity contribution in [3.05, 3.63) is 165 Å². The fraction of sp³-hybridized carbons (Fsp3) is 0.114. The van der Waals surface area contributed by atoms with Crippen molar-refractivity contribution in [3.63, 3.8) is 0 Å². The van der Waals surface area contributed by atoms with Crippen molar-refractivity contribution in [3.8, 4) is 33.8 Å². The lowest BCUT2D eigenvalue weighted by atomic mass is 9.96. The van der Waals surface area contributed by atoms with Gasteiger partial charge in [0.25, 0.3) is 0 Å². The maximum atomic E-state index is 11.8. The Hall–Kier alpha value is -5.69. The van der Waals surface area contributed by atoms with E-state index >= 15 is 0 Å². The van der Waals surface area contributed by atoms with Gasteiger partial charge < -0.3 is 14.2 Å². The first-order chi connectivity index (χ1) is 25.2. The van der Waals surface area contributed by atoms with Crippen molar-refractivity contribution < 1.29 is 19.0 Å². The molecule has 8 rings (SSSR count). The summed E-state index contributed by atoms with van der Waals surface area (Å²) in [5.41, 5.74) is 12.8. The number of nitrogens with zero attached hydrogens (tertiary/aromatic N) is 2. The summed E-state index contributed by atoms with van der Waals surface area (Å²) in [6, 6.07) is 41.6. The number of aryl methyl sites for hydroxylation is 2. The number of fused-ring (bicyclic) bond motifs is 2. The third kappa shape index (κ3) is 7.79. The zero-order valence-corrected chi connectivity index (χ0v) is 30.3. The Balaban J connectivity index is 0.000000164. The quantitative estimate of drug-likeness (QED) is 0.166. The molecule has 2 aliphatic rings. The van der Waals surface area contributed by atoms with E-state index in [0.717, 1.165) is 56.4 Å². The number of ether oxygens (including phenoxy) is 3. The molecule has 52 heavy (non-hydrogen) atoms. The Morgan fingerprint density at radius 1 is 0.577 bits per heavy atom. The molecular weight excluding hydrogens is 691 g/mol. The van der Waals surface area contributed by atoms with Gasteiger partial charge in [-0.3, -0.25) is 0 Å². The molecule has 0 radical (unpaired) electrons. The van der Waals surface area contributed by atoms with Crippen LogP contribution >= 0.6 is 23.2 Å². The van der Waals surface area contributed by atoms with Crippen LogP contribution in [0.25, 0.3) is 22.3 Å². The van der Waals surface area contributed by atoms with Gasteiger partial charge >= 0.3 is 5.97 Å². The van der Waals surface area contributed by atoms with Gasteiger partial charge in [0.05, 0.1) is 24.1 Å². The second-order valence-corrected chi connectivity index (χ2v) is 13.3. The molecule has 6 aromatic carbocycles. The average Bonchev–Trinajstić information content (AvgIpc) is 3.18. The predicted molar refractivity (Wildman–Crippen MR) is 211 cm³/mol. The number of hydrogen-bond acceptors (Lipinski definition) is 6. The summed E-state index contributed by atoms with van der Waals surface area (Å²) >= 11 is 12.0. The molecule has 6 nitrogen and oxygen atoms in total. The van der Waals surface area contributed by atoms with E-state index < -0.39 is 0 Å². The second-order valence-electron chi connectivity index (χ2n) is 12.5. The third-order valence-electron chi connectivity index (χ3n) is 8.87. The van der Waals surface area contributed by atoms with Gasteiger partial charge in [-0.15, -0.1) is 0 Å². The molecule has 0 saturated carbocycles. The zero-order valence-electron chi connectivity index (χ0n) is 28.8. The van der Waals surface area contributed by atoms with Crippen LogP contribution in [0.2, 0.25) is 10.0 Å². The molecular formula is C44H34Cl2N2O4. The van der Waals surface area contributed by atoms with Crippen LogP contribution in [0.1, 0.15) is 32.6 Å². The van der Waals surface area contributed by atoms with Crippen LogP contribution in [0.15, 0.2) is 137 Å². The van der Waals surface area contributed by atoms with Gasteiger partial charge in [-0.1, -0.05) is 108 Å². The number of halogens is 2. The Labute approximate surface area is 313 Å². The Kier molecular flexibility index (Phi) is 10.2. The van der Waals surface area contributed by atoms with E-state index in [1.807, 2.05) is 61.5 Å². The molecule has 2 heterocycles. The standard InChI is InChI=1S/C23H18ClNO3.C21H16ClNO/c1-14-3-4-17(23(26)27-2)11-19(14)15-5-7-16(8-6-15)21-13-28-22-12-18(24)9-10-20(22)25-21;1-14-2-4-15(5-3-14)16-6-8-17(9-7-16)20-13-24-21-12-18(22)10-11-19(21)23-20/h3-12H,13H2,1-2H3;2-12H,13H2,1H3. The Bertz CT molecular complexity index is 2330. The largest absolute Gasteiger partial charge is 0.485 e. The molecule has 0 spiro atoms. The van der Waals surface area contributed by atoms with Gasteiger partial charge in [0.1, 0.15) is 36.1 Å². The van der Waals surface area contributed by atoms with Crippen molar-refractivity contribution in [2.75, 3.05) is 20.3 Å². The maximum Gasteiger partial charge on any atom is 0.337 e. The highest BCUT2D eigenvalue weighted by Crippen LogP contribution is 2.36. The topological polar surface area (TPSA) is 69.5 Å². The van der Waals surface area contributed by atoms with Crippen LogP contribution in [0, 0.1) is 13.8 Å². The highest BCUT2D eigenvalue weighted by molar-refractivity contribution is 6.31. The number of methoxy groups -OCH3 is 1. The molecule has 0 N–H and O–H groups in total. The molecule has 6 aromatic rings. The minimum absolute atomic E-state index is 0.342. The normalized spacial score (nSPS) is 12.8. The van der Waals surface area contributed by atoms with Crippen molar-refractivity contribution in [2.24, 2.45) is 9.98 Å². The molecule has 0 atom stereocenters. The van der Waals surface area contributed by atoms with E-state index in [-0.39, 0.29) is 5.97 Å². The molecule has 0 bridgehead atoms. The average molecular weight is 726 g/mol. The van der Waals surface area contributed by atoms with Crippen LogP contribution in [-0.4, -0.2) is 37.7 Å². The van der Waals surface area contributed by atoms with Crippen LogP contribution in [-0.2, 0) is 4.74 Å². The summed E-state index contributed by atoms with van der Waals surface area (Å²) in [5, 5.41) is 1.29. The van der Waals surface area contributed by atoms with Crippen LogP contribution in [0.4, 0.5) is 11.4 Å². The van der Waals surface area contributed by atoms with Gasteiger partial charge in [0.2, 0.25) is 0 Å². The number of carbonyl (C=O) groups excluding carboxylic acids is 1. The summed E-state index contributed by atoms with van der Waals surface area (Å²) < 4.78 is 16.4. The summed E-state index contributed by atoms with van der Waals surface area (Å²) in [6.45, 7) is 4.96. The van der Waals surface area contributed by atoms with E-state index in [9.17, 15) is 4.79 Å². The van der Waals surface area contributed by atoms with E-state index in [0.29, 0.717) is 34.6 Å². The highest BCUT2D eigenvalue weighted by Gasteiger charge is 2.17. The van der Waals surface area contributed by atoms with E-state index in [4.69, 9.17) is 47.4 Å². The smallest absolute Gasteiger partial charge is 0.337 e. The van der Waals surface area contributed by atoms with E-state index in [2.05, 4.69) is 55.5 Å². The van der Waals surface area contributed by atoms with E-state index in [1.54, 1.807) is 24.3 Å². The molecule has 2 aliphatic heterocycles. The lowest BCUT2D eigenvalue weighted by Gasteiger charge is -2.17. The fourth-order valence-electron chi connectivity index (χ4n) is 5.96. The molecule has 0 saturated heterocycles. The molecule has 0 unspecified atom stereocenters. The predicted octanol–water partition coefficient (Wildman–Crippen LogP) is 11.4. The van der Waals surface area contributed by atoms with E-state index in [1.165, 1.54) is 23.8 Å². The first kappa shape index (κ1) is 34.7. The molecule has 258 valence electrons. The first-order valence-corrected chi connectivity index (χ1v) is 17.5. The minimum atomic E-state index is -0.342. The molecule has 8 heteroatoms. The lowest BCUT2D eigenvalue weighted by molar-refractivity contribution is 0.0600. The maximum absolute atomic E-state index is 11.8. The lowest BCUT2D eigenvalue weighted by Crippen LogP contribution is -2.16. The molecule has 0 aliphatic carbocycles. The van der Waals surface area contributed by atoms with Gasteiger partial charge in [0.15, 0.2) is 0 Å². The van der Waals surface area contributed by atoms with Gasteiger partial charge in [-0.25, -0.2) is 14.8 Å². The second kappa shape index (κ2) is 15.3. The van der Waals surface area contributed by atoms with Crippen molar-refractivity contribution in [1.82, 2.24) is 0 Å². The Morgan fingerprint density at radius 2 is 1.04 bits per heavy atom. The monoisotopic (exact) mass is 724 g/mol. The SMILES string of the molecule is COC(=O)c1ccc(C)c(-c2ccc(C3=Nc4ccc(Cl)cc4OC3)cc2)c1.Cc1ccc(-c2ccc(C3=Nc4ccc(Cl)cc4OC3)cc2)cc1.